The first-order valence-corrected chi connectivity index (χ1v) is 7.01. The molecule has 0 saturated heterocycles. The number of rotatable bonds is 6. The molecule has 16 heavy (non-hydrogen) atoms. The third kappa shape index (κ3) is 4.56. The highest BCUT2D eigenvalue weighted by Crippen LogP contribution is 2.20. The van der Waals surface area contributed by atoms with Crippen LogP contribution in [-0.2, 0) is 0 Å². The lowest BCUT2D eigenvalue weighted by Crippen LogP contribution is -2.05. The highest BCUT2D eigenvalue weighted by molar-refractivity contribution is 9.09. The van der Waals surface area contributed by atoms with Crippen molar-refractivity contribution in [3.05, 3.63) is 29.3 Å². The van der Waals surface area contributed by atoms with Crippen molar-refractivity contribution < 1.29 is 4.74 Å². The molecule has 1 atom stereocenters. The average molecular weight is 285 g/mol. The van der Waals surface area contributed by atoms with Gasteiger partial charge in [0.1, 0.15) is 5.75 Å². The van der Waals surface area contributed by atoms with Crippen LogP contribution in [0, 0.1) is 19.8 Å². The van der Waals surface area contributed by atoms with Crippen molar-refractivity contribution in [2.45, 2.75) is 33.6 Å². The monoisotopic (exact) mass is 284 g/mol. The Balaban J connectivity index is 2.39. The number of hydrogen-bond acceptors (Lipinski definition) is 1. The van der Waals surface area contributed by atoms with E-state index >= 15 is 0 Å². The van der Waals surface area contributed by atoms with Gasteiger partial charge in [0.15, 0.2) is 0 Å². The van der Waals surface area contributed by atoms with Crippen LogP contribution in [0.15, 0.2) is 18.2 Å². The minimum atomic E-state index is 0.726. The van der Waals surface area contributed by atoms with Gasteiger partial charge in [-0.05, 0) is 49.8 Å². The smallest absolute Gasteiger partial charge is 0.122 e. The molecule has 1 aromatic carbocycles. The fraction of sp³-hybridized carbons (Fsp3) is 0.571. The number of alkyl halides is 1. The second-order valence-corrected chi connectivity index (χ2v) is 5.28. The summed E-state index contributed by atoms with van der Waals surface area (Å²) in [6, 6.07) is 6.35. The summed E-state index contributed by atoms with van der Waals surface area (Å²) >= 11 is 3.47. The molecule has 1 aromatic rings. The predicted octanol–water partition coefficient (Wildman–Crippen LogP) is 4.49. The van der Waals surface area contributed by atoms with Crippen LogP contribution in [-0.4, -0.2) is 11.9 Å². The summed E-state index contributed by atoms with van der Waals surface area (Å²) in [4.78, 5) is 0. The zero-order valence-electron chi connectivity index (χ0n) is 10.4. The molecule has 0 aliphatic carbocycles. The van der Waals surface area contributed by atoms with E-state index in [1.54, 1.807) is 0 Å². The zero-order valence-corrected chi connectivity index (χ0v) is 12.0. The molecule has 1 nitrogen and oxygen atoms in total. The molecule has 0 fully saturated rings. The Hall–Kier alpha value is -0.500. The van der Waals surface area contributed by atoms with E-state index in [1.165, 1.54) is 17.5 Å². The lowest BCUT2D eigenvalue weighted by atomic mass is 10.1. The van der Waals surface area contributed by atoms with Gasteiger partial charge < -0.3 is 4.74 Å². The van der Waals surface area contributed by atoms with Crippen LogP contribution in [0.1, 0.15) is 30.9 Å². The summed E-state index contributed by atoms with van der Waals surface area (Å²) in [7, 11) is 0. The number of aryl methyl sites for hydroxylation is 2. The van der Waals surface area contributed by atoms with Gasteiger partial charge in [0.05, 0.1) is 6.61 Å². The summed E-state index contributed by atoms with van der Waals surface area (Å²) in [6.45, 7) is 7.28. The highest BCUT2D eigenvalue weighted by Gasteiger charge is 2.03. The lowest BCUT2D eigenvalue weighted by Gasteiger charge is -2.13. The van der Waals surface area contributed by atoms with E-state index in [1.807, 2.05) is 0 Å². The first-order valence-electron chi connectivity index (χ1n) is 5.89. The first kappa shape index (κ1) is 13.6. The van der Waals surface area contributed by atoms with Crippen molar-refractivity contribution in [1.29, 1.82) is 0 Å². The molecular weight excluding hydrogens is 264 g/mol. The number of benzene rings is 1. The fourth-order valence-corrected chi connectivity index (χ4v) is 2.35. The normalized spacial score (nSPS) is 12.5. The number of ether oxygens (including phenoxy) is 1. The third-order valence-corrected chi connectivity index (χ3v) is 3.27. The Morgan fingerprint density at radius 1 is 1.25 bits per heavy atom. The Morgan fingerprint density at radius 3 is 2.69 bits per heavy atom. The van der Waals surface area contributed by atoms with Gasteiger partial charge >= 0.3 is 0 Å². The van der Waals surface area contributed by atoms with E-state index < -0.39 is 0 Å². The van der Waals surface area contributed by atoms with Crippen molar-refractivity contribution >= 4 is 15.9 Å². The van der Waals surface area contributed by atoms with Crippen molar-refractivity contribution in [2.75, 3.05) is 11.9 Å². The van der Waals surface area contributed by atoms with E-state index in [0.29, 0.717) is 0 Å². The third-order valence-electron chi connectivity index (χ3n) is 2.81. The molecule has 0 heterocycles. The summed E-state index contributed by atoms with van der Waals surface area (Å²) in [5.74, 6) is 1.76. The van der Waals surface area contributed by atoms with Gasteiger partial charge in [-0.3, -0.25) is 0 Å². The van der Waals surface area contributed by atoms with Crippen molar-refractivity contribution in [3.8, 4) is 5.75 Å². The summed E-state index contributed by atoms with van der Waals surface area (Å²) in [6.07, 6.45) is 2.34. The van der Waals surface area contributed by atoms with E-state index in [4.69, 9.17) is 4.74 Å². The molecule has 0 spiro atoms. The van der Waals surface area contributed by atoms with E-state index in [0.717, 1.165) is 30.0 Å². The molecule has 90 valence electrons. The molecule has 0 aliphatic heterocycles. The van der Waals surface area contributed by atoms with Crippen LogP contribution in [0.4, 0.5) is 0 Å². The zero-order chi connectivity index (χ0) is 12.0. The Morgan fingerprint density at radius 2 is 2.00 bits per heavy atom. The molecule has 2 heteroatoms. The molecule has 1 unspecified atom stereocenters. The maximum atomic E-state index is 5.82. The Kier molecular flexibility index (Phi) is 5.89. The number of hydrogen-bond donors (Lipinski definition) is 0. The van der Waals surface area contributed by atoms with Gasteiger partial charge in [0, 0.05) is 5.33 Å². The van der Waals surface area contributed by atoms with Crippen LogP contribution in [0.2, 0.25) is 0 Å². The van der Waals surface area contributed by atoms with Crippen LogP contribution >= 0.6 is 15.9 Å². The molecule has 0 amide bonds. The average Bonchev–Trinajstić information content (AvgIpc) is 2.23. The van der Waals surface area contributed by atoms with Crippen LogP contribution in [0.5, 0.6) is 5.75 Å². The molecule has 0 aliphatic rings. The summed E-state index contributed by atoms with van der Waals surface area (Å²) in [5.41, 5.74) is 2.48. The second-order valence-electron chi connectivity index (χ2n) is 4.49. The van der Waals surface area contributed by atoms with Gasteiger partial charge in [-0.15, -0.1) is 0 Å². The van der Waals surface area contributed by atoms with Crippen molar-refractivity contribution in [2.24, 2.45) is 5.92 Å². The van der Waals surface area contributed by atoms with Crippen molar-refractivity contribution in [1.82, 2.24) is 0 Å². The fourth-order valence-electron chi connectivity index (χ4n) is 1.56. The predicted molar refractivity (Wildman–Crippen MR) is 73.6 cm³/mol. The maximum Gasteiger partial charge on any atom is 0.122 e. The van der Waals surface area contributed by atoms with Crippen molar-refractivity contribution in [3.63, 3.8) is 0 Å². The van der Waals surface area contributed by atoms with E-state index in [-0.39, 0.29) is 0 Å². The second kappa shape index (κ2) is 6.95. The van der Waals surface area contributed by atoms with Gasteiger partial charge in [-0.1, -0.05) is 35.0 Å². The van der Waals surface area contributed by atoms with E-state index in [9.17, 15) is 0 Å². The quantitative estimate of drug-likeness (QED) is 0.699. The minimum Gasteiger partial charge on any atom is -0.493 e. The Labute approximate surface area is 107 Å². The van der Waals surface area contributed by atoms with Gasteiger partial charge in [0.2, 0.25) is 0 Å². The summed E-state index contributed by atoms with van der Waals surface area (Å²) < 4.78 is 5.82. The topological polar surface area (TPSA) is 9.23 Å². The molecule has 0 aromatic heterocycles. The molecule has 0 N–H and O–H groups in total. The standard InChI is InChI=1S/C14H21BrO/c1-11(6-8-15)7-9-16-14-10-12(2)4-5-13(14)3/h4-5,10-11H,6-9H2,1-3H3. The van der Waals surface area contributed by atoms with Crippen LogP contribution < -0.4 is 4.74 Å². The van der Waals surface area contributed by atoms with E-state index in [2.05, 4.69) is 54.9 Å². The molecule has 1 rings (SSSR count). The highest BCUT2D eigenvalue weighted by atomic mass is 79.9. The van der Waals surface area contributed by atoms with Crippen LogP contribution in [0.25, 0.3) is 0 Å². The minimum absolute atomic E-state index is 0.726. The largest absolute Gasteiger partial charge is 0.493 e. The lowest BCUT2D eigenvalue weighted by molar-refractivity contribution is 0.280. The maximum absolute atomic E-state index is 5.82. The molecule has 0 radical (unpaired) electrons. The van der Waals surface area contributed by atoms with Crippen LogP contribution in [0.3, 0.4) is 0 Å². The van der Waals surface area contributed by atoms with Gasteiger partial charge in [-0.2, -0.15) is 0 Å². The first-order chi connectivity index (χ1) is 7.63. The SMILES string of the molecule is Cc1ccc(C)c(OCCC(C)CCBr)c1. The molecule has 0 saturated carbocycles. The van der Waals surface area contributed by atoms with Gasteiger partial charge in [-0.25, -0.2) is 0 Å². The van der Waals surface area contributed by atoms with Gasteiger partial charge in [0.25, 0.3) is 0 Å². The molecule has 0 bridgehead atoms. The summed E-state index contributed by atoms with van der Waals surface area (Å²) in [5, 5.41) is 1.08. The molecular formula is C14H21BrO. The number of halogens is 1. The Bertz CT molecular complexity index is 323.